The second kappa shape index (κ2) is 8.37. The molecule has 0 aliphatic rings. The molecule has 0 atom stereocenters. The monoisotopic (exact) mass is 548 g/mol. The van der Waals surface area contributed by atoms with Gasteiger partial charge in [-0.1, -0.05) is 97.1 Å². The van der Waals surface area contributed by atoms with E-state index in [0.717, 1.165) is 33.4 Å². The van der Waals surface area contributed by atoms with Crippen LogP contribution in [-0.2, 0) is 0 Å². The van der Waals surface area contributed by atoms with E-state index in [-0.39, 0.29) is 0 Å². The van der Waals surface area contributed by atoms with Crippen molar-refractivity contribution in [3.8, 4) is 11.4 Å². The third kappa shape index (κ3) is 2.98. The van der Waals surface area contributed by atoms with Gasteiger partial charge in [-0.3, -0.25) is 0 Å². The Bertz CT molecular complexity index is 2670. The van der Waals surface area contributed by atoms with E-state index in [9.17, 15) is 0 Å². The molecule has 3 heteroatoms. The van der Waals surface area contributed by atoms with E-state index in [1.165, 1.54) is 54.3 Å². The average molecular weight is 549 g/mol. The molecule has 0 saturated heterocycles. The molecule has 43 heavy (non-hydrogen) atoms. The lowest BCUT2D eigenvalue weighted by Gasteiger charge is -2.12. The zero-order valence-corrected chi connectivity index (χ0v) is 23.2. The Balaban J connectivity index is 1.31. The number of aromatic nitrogens is 2. The van der Waals surface area contributed by atoms with Crippen LogP contribution in [0.3, 0.4) is 0 Å². The molecule has 0 radical (unpaired) electrons. The Morgan fingerprint density at radius 3 is 1.42 bits per heavy atom. The standard InChI is InChI=1S/C40H24N2O/c1-2-14-30-29(13-1)37-31-15-5-9-19-35(31)42(39(37)40-38(30)32-16-6-10-20-36(32)43-40)26-23-21-25(22-24-26)41-33-17-7-3-11-27(33)28-12-4-8-18-34(28)41/h1-24H. The van der Waals surface area contributed by atoms with Gasteiger partial charge in [-0.25, -0.2) is 0 Å². The SMILES string of the molecule is c1ccc2c(c1)oc1c2c2ccccc2c2c3ccccc3n(-c3ccc(-n4c5ccccc5c5ccccc54)cc3)c12. The van der Waals surface area contributed by atoms with Crippen LogP contribution in [0, 0.1) is 0 Å². The Kier molecular flexibility index (Phi) is 4.45. The zero-order chi connectivity index (χ0) is 28.1. The van der Waals surface area contributed by atoms with E-state index >= 15 is 0 Å². The number of hydrogen-bond donors (Lipinski definition) is 0. The van der Waals surface area contributed by atoms with Crippen molar-refractivity contribution in [3.05, 3.63) is 146 Å². The van der Waals surface area contributed by atoms with Gasteiger partial charge < -0.3 is 13.6 Å². The number of fused-ring (bicyclic) bond motifs is 13. The number of rotatable bonds is 2. The fourth-order valence-electron chi connectivity index (χ4n) is 7.35. The molecule has 3 heterocycles. The molecular weight excluding hydrogens is 524 g/mol. The summed E-state index contributed by atoms with van der Waals surface area (Å²) in [5, 5.41) is 9.77. The highest BCUT2D eigenvalue weighted by Crippen LogP contribution is 2.45. The fraction of sp³-hybridized carbons (Fsp3) is 0. The van der Waals surface area contributed by atoms with Gasteiger partial charge >= 0.3 is 0 Å². The predicted octanol–water partition coefficient (Wildman–Crippen LogP) is 10.9. The summed E-state index contributed by atoms with van der Waals surface area (Å²) in [6, 6.07) is 52.1. The summed E-state index contributed by atoms with van der Waals surface area (Å²) in [5.41, 5.74) is 8.78. The molecule has 0 N–H and O–H groups in total. The maximum atomic E-state index is 6.72. The van der Waals surface area contributed by atoms with Crippen molar-refractivity contribution >= 4 is 76.3 Å². The first-order chi connectivity index (χ1) is 21.4. The molecule has 10 aromatic rings. The fourth-order valence-corrected chi connectivity index (χ4v) is 7.35. The Morgan fingerprint density at radius 2 is 0.791 bits per heavy atom. The average Bonchev–Trinajstić information content (AvgIpc) is 3.73. The Labute approximate surface area is 246 Å². The third-order valence-corrected chi connectivity index (χ3v) is 9.10. The van der Waals surface area contributed by atoms with Crippen LogP contribution in [0.2, 0.25) is 0 Å². The summed E-state index contributed by atoms with van der Waals surface area (Å²) in [4.78, 5) is 0. The van der Waals surface area contributed by atoms with Gasteiger partial charge in [-0.05, 0) is 59.3 Å². The van der Waals surface area contributed by atoms with Crippen molar-refractivity contribution in [1.29, 1.82) is 0 Å². The largest absolute Gasteiger partial charge is 0.454 e. The highest BCUT2D eigenvalue weighted by molar-refractivity contribution is 6.35. The van der Waals surface area contributed by atoms with Crippen molar-refractivity contribution in [2.45, 2.75) is 0 Å². The van der Waals surface area contributed by atoms with Crippen LogP contribution in [0.15, 0.2) is 150 Å². The minimum Gasteiger partial charge on any atom is -0.454 e. The summed E-state index contributed by atoms with van der Waals surface area (Å²) in [5.74, 6) is 0. The topological polar surface area (TPSA) is 23.0 Å². The van der Waals surface area contributed by atoms with Crippen molar-refractivity contribution in [1.82, 2.24) is 9.13 Å². The molecule has 0 spiro atoms. The first-order valence-corrected chi connectivity index (χ1v) is 14.7. The quantitative estimate of drug-likeness (QED) is 0.211. The minimum absolute atomic E-state index is 0.911. The zero-order valence-electron chi connectivity index (χ0n) is 23.2. The molecule has 0 unspecified atom stereocenters. The molecule has 0 aliphatic heterocycles. The van der Waals surface area contributed by atoms with Crippen molar-refractivity contribution < 1.29 is 4.42 Å². The van der Waals surface area contributed by atoms with E-state index in [0.29, 0.717) is 0 Å². The van der Waals surface area contributed by atoms with Crippen LogP contribution in [0.25, 0.3) is 87.7 Å². The Morgan fingerprint density at radius 1 is 0.349 bits per heavy atom. The van der Waals surface area contributed by atoms with Gasteiger partial charge in [0.15, 0.2) is 5.58 Å². The van der Waals surface area contributed by atoms with Crippen molar-refractivity contribution in [2.75, 3.05) is 0 Å². The van der Waals surface area contributed by atoms with Gasteiger partial charge in [-0.15, -0.1) is 0 Å². The number of nitrogens with zero attached hydrogens (tertiary/aromatic N) is 2. The van der Waals surface area contributed by atoms with E-state index in [1.807, 2.05) is 6.07 Å². The summed E-state index contributed by atoms with van der Waals surface area (Å²) in [6.45, 7) is 0. The van der Waals surface area contributed by atoms with E-state index in [4.69, 9.17) is 4.42 Å². The first-order valence-electron chi connectivity index (χ1n) is 14.7. The molecular formula is C40H24N2O. The predicted molar refractivity (Wildman–Crippen MR) is 180 cm³/mol. The lowest BCUT2D eigenvalue weighted by molar-refractivity contribution is 0.671. The van der Waals surface area contributed by atoms with Crippen LogP contribution in [0.5, 0.6) is 0 Å². The number of para-hydroxylation sites is 4. The van der Waals surface area contributed by atoms with Crippen molar-refractivity contribution in [2.24, 2.45) is 0 Å². The highest BCUT2D eigenvalue weighted by atomic mass is 16.3. The van der Waals surface area contributed by atoms with Gasteiger partial charge in [-0.2, -0.15) is 0 Å². The molecule has 0 aliphatic carbocycles. The molecule has 3 aromatic heterocycles. The Hall–Kier alpha value is -5.80. The molecule has 0 bridgehead atoms. The van der Waals surface area contributed by atoms with Gasteiger partial charge in [0.1, 0.15) is 5.58 Å². The smallest absolute Gasteiger partial charge is 0.160 e. The molecule has 10 rings (SSSR count). The van der Waals surface area contributed by atoms with Gasteiger partial charge in [0, 0.05) is 43.7 Å². The molecule has 0 amide bonds. The summed E-state index contributed by atoms with van der Waals surface area (Å²) in [6.07, 6.45) is 0. The maximum absolute atomic E-state index is 6.72. The van der Waals surface area contributed by atoms with Gasteiger partial charge in [0.25, 0.3) is 0 Å². The third-order valence-electron chi connectivity index (χ3n) is 9.10. The number of furan rings is 1. The van der Waals surface area contributed by atoms with Gasteiger partial charge in [0.2, 0.25) is 0 Å². The molecule has 0 fully saturated rings. The second-order valence-corrected chi connectivity index (χ2v) is 11.3. The van der Waals surface area contributed by atoms with Crippen molar-refractivity contribution in [3.63, 3.8) is 0 Å². The van der Waals surface area contributed by atoms with E-state index < -0.39 is 0 Å². The summed E-state index contributed by atoms with van der Waals surface area (Å²) < 4.78 is 11.5. The lowest BCUT2D eigenvalue weighted by Crippen LogP contribution is -1.97. The summed E-state index contributed by atoms with van der Waals surface area (Å²) >= 11 is 0. The molecule has 200 valence electrons. The lowest BCUT2D eigenvalue weighted by atomic mass is 9.99. The van der Waals surface area contributed by atoms with Crippen LogP contribution in [0.1, 0.15) is 0 Å². The van der Waals surface area contributed by atoms with E-state index in [1.54, 1.807) is 0 Å². The van der Waals surface area contributed by atoms with Crippen LogP contribution in [-0.4, -0.2) is 9.13 Å². The molecule has 3 nitrogen and oxygen atoms in total. The highest BCUT2D eigenvalue weighted by Gasteiger charge is 2.22. The minimum atomic E-state index is 0.911. The van der Waals surface area contributed by atoms with E-state index in [2.05, 4.69) is 149 Å². The summed E-state index contributed by atoms with van der Waals surface area (Å²) in [7, 11) is 0. The second-order valence-electron chi connectivity index (χ2n) is 11.3. The van der Waals surface area contributed by atoms with Crippen LogP contribution < -0.4 is 0 Å². The maximum Gasteiger partial charge on any atom is 0.160 e. The first kappa shape index (κ1) is 22.8. The normalized spacial score (nSPS) is 12.2. The molecule has 7 aromatic carbocycles. The number of benzene rings is 7. The van der Waals surface area contributed by atoms with Crippen LogP contribution in [0.4, 0.5) is 0 Å². The molecule has 0 saturated carbocycles. The number of hydrogen-bond acceptors (Lipinski definition) is 1. The van der Waals surface area contributed by atoms with Gasteiger partial charge in [0.05, 0.1) is 22.1 Å². The van der Waals surface area contributed by atoms with Crippen LogP contribution >= 0.6 is 0 Å².